The van der Waals surface area contributed by atoms with Gasteiger partial charge in [0.15, 0.2) is 0 Å². The molecule has 0 bridgehead atoms. The quantitative estimate of drug-likeness (QED) is 0.801. The molecule has 0 saturated carbocycles. The van der Waals surface area contributed by atoms with E-state index in [-0.39, 0.29) is 17.0 Å². The van der Waals surface area contributed by atoms with Crippen molar-refractivity contribution in [1.82, 2.24) is 5.32 Å². The van der Waals surface area contributed by atoms with Gasteiger partial charge in [0.1, 0.15) is 0 Å². The van der Waals surface area contributed by atoms with Crippen LogP contribution in [0.5, 0.6) is 0 Å². The molecule has 2 rings (SSSR count). The molecule has 3 N–H and O–H groups in total. The van der Waals surface area contributed by atoms with Gasteiger partial charge in [-0.3, -0.25) is 13.9 Å². The van der Waals surface area contributed by atoms with Crippen molar-refractivity contribution >= 4 is 27.5 Å². The van der Waals surface area contributed by atoms with Gasteiger partial charge in [0.2, 0.25) is 5.91 Å². The Hall–Kier alpha value is -2.87. The van der Waals surface area contributed by atoms with Gasteiger partial charge in [-0.15, -0.1) is 0 Å². The van der Waals surface area contributed by atoms with Crippen molar-refractivity contribution in [2.45, 2.75) is 11.8 Å². The van der Waals surface area contributed by atoms with Gasteiger partial charge in [-0.2, -0.15) is 0 Å². The van der Waals surface area contributed by atoms with Crippen molar-refractivity contribution < 1.29 is 18.0 Å². The highest BCUT2D eigenvalue weighted by atomic mass is 32.2. The van der Waals surface area contributed by atoms with E-state index >= 15 is 0 Å². The zero-order valence-electron chi connectivity index (χ0n) is 13.9. The van der Waals surface area contributed by atoms with E-state index in [1.54, 1.807) is 12.1 Å². The molecule has 0 aliphatic rings. The summed E-state index contributed by atoms with van der Waals surface area (Å²) in [6.07, 6.45) is 0. The molecule has 2 aromatic rings. The van der Waals surface area contributed by atoms with Crippen LogP contribution < -0.4 is 15.4 Å². The van der Waals surface area contributed by atoms with Crippen LogP contribution in [0.25, 0.3) is 0 Å². The molecular formula is C17H19N3O4S. The molecule has 0 aliphatic heterocycles. The van der Waals surface area contributed by atoms with Crippen LogP contribution in [-0.4, -0.2) is 33.8 Å². The van der Waals surface area contributed by atoms with Gasteiger partial charge in [-0.1, -0.05) is 23.8 Å². The summed E-state index contributed by atoms with van der Waals surface area (Å²) in [4.78, 5) is 22.7. The Bertz CT molecular complexity index is 892. The van der Waals surface area contributed by atoms with Gasteiger partial charge < -0.3 is 11.1 Å². The molecule has 0 radical (unpaired) electrons. The lowest BCUT2D eigenvalue weighted by atomic mass is 10.2. The molecule has 132 valence electrons. The van der Waals surface area contributed by atoms with Gasteiger partial charge in [-0.25, -0.2) is 8.42 Å². The van der Waals surface area contributed by atoms with Crippen LogP contribution in [0.4, 0.5) is 5.69 Å². The molecule has 2 amide bonds. The molecule has 0 saturated heterocycles. The van der Waals surface area contributed by atoms with Crippen molar-refractivity contribution in [3.8, 4) is 0 Å². The number of primary amides is 1. The van der Waals surface area contributed by atoms with Crippen molar-refractivity contribution in [3.63, 3.8) is 0 Å². The third-order valence-electron chi connectivity index (χ3n) is 3.58. The molecule has 8 heteroatoms. The Balaban J connectivity index is 2.30. The first-order chi connectivity index (χ1) is 11.7. The van der Waals surface area contributed by atoms with Crippen molar-refractivity contribution in [2.75, 3.05) is 17.9 Å². The third-order valence-corrected chi connectivity index (χ3v) is 5.36. The second-order valence-corrected chi connectivity index (χ2v) is 7.45. The molecule has 0 unspecified atom stereocenters. The predicted molar refractivity (Wildman–Crippen MR) is 94.7 cm³/mol. The van der Waals surface area contributed by atoms with Crippen LogP contribution in [0.3, 0.4) is 0 Å². The van der Waals surface area contributed by atoms with E-state index in [1.165, 1.54) is 31.3 Å². The molecule has 0 spiro atoms. The molecule has 0 aromatic heterocycles. The van der Waals surface area contributed by atoms with Gasteiger partial charge >= 0.3 is 0 Å². The zero-order chi connectivity index (χ0) is 18.6. The Morgan fingerprint density at radius 2 is 1.76 bits per heavy atom. The number of carbonyl (C=O) groups is 2. The first-order valence-corrected chi connectivity index (χ1v) is 8.88. The predicted octanol–water partition coefficient (Wildman–Crippen LogP) is 1.04. The van der Waals surface area contributed by atoms with E-state index in [0.717, 1.165) is 9.87 Å². The fourth-order valence-corrected chi connectivity index (χ4v) is 3.36. The number of benzene rings is 2. The fraction of sp³-hybridized carbons (Fsp3) is 0.176. The standard InChI is InChI=1S/C17H19N3O4S/c1-12-6-8-14(9-7-12)20(2)25(23,24)15-5-3-4-13(10-15)17(22)19-11-16(18)21/h3-10H,11H2,1-2H3,(H2,18,21)(H,19,22). The number of aryl methyl sites for hydroxylation is 1. The summed E-state index contributed by atoms with van der Waals surface area (Å²) in [5.74, 6) is -1.26. The van der Waals surface area contributed by atoms with Crippen LogP contribution >= 0.6 is 0 Å². The number of anilines is 1. The summed E-state index contributed by atoms with van der Waals surface area (Å²) < 4.78 is 26.7. The Morgan fingerprint density at radius 3 is 2.36 bits per heavy atom. The average Bonchev–Trinajstić information content (AvgIpc) is 2.59. The summed E-state index contributed by atoms with van der Waals surface area (Å²) in [5.41, 5.74) is 6.63. The largest absolute Gasteiger partial charge is 0.368 e. The van der Waals surface area contributed by atoms with E-state index in [0.29, 0.717) is 5.69 Å². The maximum atomic E-state index is 12.8. The number of nitrogens with two attached hydrogens (primary N) is 1. The van der Waals surface area contributed by atoms with Crippen LogP contribution in [0.1, 0.15) is 15.9 Å². The molecule has 0 atom stereocenters. The first kappa shape index (κ1) is 18.5. The Kier molecular flexibility index (Phi) is 5.43. The minimum atomic E-state index is -3.83. The highest BCUT2D eigenvalue weighted by molar-refractivity contribution is 7.92. The number of nitrogens with one attached hydrogen (secondary N) is 1. The molecule has 0 aliphatic carbocycles. The van der Waals surface area contributed by atoms with E-state index in [2.05, 4.69) is 5.32 Å². The number of rotatable bonds is 6. The number of sulfonamides is 1. The smallest absolute Gasteiger partial charge is 0.264 e. The molecule has 0 heterocycles. The maximum absolute atomic E-state index is 12.8. The Labute approximate surface area is 146 Å². The van der Waals surface area contributed by atoms with Crippen LogP contribution in [0.15, 0.2) is 53.4 Å². The Morgan fingerprint density at radius 1 is 1.12 bits per heavy atom. The van der Waals surface area contributed by atoms with Crippen LogP contribution in [0, 0.1) is 6.92 Å². The lowest BCUT2D eigenvalue weighted by molar-refractivity contribution is -0.117. The molecular weight excluding hydrogens is 342 g/mol. The number of hydrogen-bond donors (Lipinski definition) is 2. The third kappa shape index (κ3) is 4.36. The minimum Gasteiger partial charge on any atom is -0.368 e. The normalized spacial score (nSPS) is 11.0. The molecule has 0 fully saturated rings. The second kappa shape index (κ2) is 7.35. The molecule has 7 nitrogen and oxygen atoms in total. The monoisotopic (exact) mass is 361 g/mol. The minimum absolute atomic E-state index is 0.0256. The lowest BCUT2D eigenvalue weighted by Crippen LogP contribution is -2.33. The van der Waals surface area contributed by atoms with Gasteiger partial charge in [-0.05, 0) is 37.3 Å². The van der Waals surface area contributed by atoms with Gasteiger partial charge in [0.25, 0.3) is 15.9 Å². The number of hydrogen-bond acceptors (Lipinski definition) is 4. The summed E-state index contributed by atoms with van der Waals surface area (Å²) in [7, 11) is -2.39. The molecule has 2 aromatic carbocycles. The van der Waals surface area contributed by atoms with E-state index in [4.69, 9.17) is 5.73 Å². The zero-order valence-corrected chi connectivity index (χ0v) is 14.7. The topological polar surface area (TPSA) is 110 Å². The SMILES string of the molecule is Cc1ccc(N(C)S(=O)(=O)c2cccc(C(=O)NCC(N)=O)c2)cc1. The summed E-state index contributed by atoms with van der Waals surface area (Å²) >= 11 is 0. The lowest BCUT2D eigenvalue weighted by Gasteiger charge is -2.20. The van der Waals surface area contributed by atoms with E-state index in [1.807, 2.05) is 19.1 Å². The van der Waals surface area contributed by atoms with Crippen molar-refractivity contribution in [3.05, 3.63) is 59.7 Å². The van der Waals surface area contributed by atoms with Gasteiger partial charge in [0.05, 0.1) is 17.1 Å². The maximum Gasteiger partial charge on any atom is 0.264 e. The summed E-state index contributed by atoms with van der Waals surface area (Å²) in [5, 5.41) is 2.32. The van der Waals surface area contributed by atoms with E-state index in [9.17, 15) is 18.0 Å². The van der Waals surface area contributed by atoms with Gasteiger partial charge in [0, 0.05) is 12.6 Å². The molecule has 25 heavy (non-hydrogen) atoms. The number of nitrogens with zero attached hydrogens (tertiary/aromatic N) is 1. The number of carbonyl (C=O) groups excluding carboxylic acids is 2. The highest BCUT2D eigenvalue weighted by Gasteiger charge is 2.22. The van der Waals surface area contributed by atoms with Crippen molar-refractivity contribution in [1.29, 1.82) is 0 Å². The number of amides is 2. The summed E-state index contributed by atoms with van der Waals surface area (Å²) in [6.45, 7) is 1.59. The van der Waals surface area contributed by atoms with Crippen molar-refractivity contribution in [2.24, 2.45) is 5.73 Å². The summed E-state index contributed by atoms with van der Waals surface area (Å²) in [6, 6.07) is 12.6. The average molecular weight is 361 g/mol. The van der Waals surface area contributed by atoms with Crippen LogP contribution in [-0.2, 0) is 14.8 Å². The fourth-order valence-electron chi connectivity index (χ4n) is 2.12. The first-order valence-electron chi connectivity index (χ1n) is 7.44. The highest BCUT2D eigenvalue weighted by Crippen LogP contribution is 2.23. The van der Waals surface area contributed by atoms with E-state index < -0.39 is 21.8 Å². The second-order valence-electron chi connectivity index (χ2n) is 5.48. The van der Waals surface area contributed by atoms with Crippen LogP contribution in [0.2, 0.25) is 0 Å².